The van der Waals surface area contributed by atoms with Gasteiger partial charge in [0.05, 0.1) is 0 Å². The van der Waals surface area contributed by atoms with Crippen molar-refractivity contribution < 1.29 is 33.9 Å². The van der Waals surface area contributed by atoms with Crippen LogP contribution in [-0.4, -0.2) is 125 Å². The number of hydrogen-bond donors (Lipinski definition) is 10. The molecule has 1 heterocycles. The van der Waals surface area contributed by atoms with Crippen molar-refractivity contribution in [1.29, 1.82) is 0 Å². The van der Waals surface area contributed by atoms with Crippen molar-refractivity contribution in [3.05, 3.63) is 77.9 Å². The monoisotopic (exact) mass is 973 g/mol. The first kappa shape index (κ1) is 55.0. The number of rotatable bonds is 24. The molecule has 20 heteroatoms. The minimum absolute atomic E-state index is 0.000595. The number of carbonyl (C=O) groups is 6. The molecule has 5 atom stereocenters. The van der Waals surface area contributed by atoms with Gasteiger partial charge in [0, 0.05) is 51.7 Å². The Kier molecular flexibility index (Phi) is 23.4. The highest BCUT2D eigenvalue weighted by Crippen LogP contribution is 2.19. The molecule has 0 aliphatic carbocycles. The Bertz CT molecular complexity index is 2220. The molecule has 0 saturated carbocycles. The number of nitrogens with two attached hydrogens (primary N) is 4. The number of thioether (sulfide) groups is 1. The van der Waals surface area contributed by atoms with Crippen molar-refractivity contribution >= 4 is 69.9 Å². The highest BCUT2D eigenvalue weighted by Gasteiger charge is 2.37. The first-order valence-corrected chi connectivity index (χ1v) is 25.0. The van der Waals surface area contributed by atoms with Crippen molar-refractivity contribution in [3.8, 4) is 5.75 Å². The number of amides is 6. The number of benzene rings is 3. The maximum Gasteiger partial charge on any atom is 0.246 e. The van der Waals surface area contributed by atoms with Gasteiger partial charge in [-0.25, -0.2) is 0 Å². The van der Waals surface area contributed by atoms with Gasteiger partial charge in [-0.2, -0.15) is 11.8 Å². The maximum atomic E-state index is 15.0. The van der Waals surface area contributed by atoms with Crippen LogP contribution in [0.15, 0.2) is 76.7 Å². The van der Waals surface area contributed by atoms with E-state index in [2.05, 4.69) is 36.6 Å². The van der Waals surface area contributed by atoms with Crippen molar-refractivity contribution in [1.82, 2.24) is 31.5 Å². The summed E-state index contributed by atoms with van der Waals surface area (Å²) < 4.78 is 0. The molecular weight excluding hydrogens is 901 g/mol. The zero-order valence-corrected chi connectivity index (χ0v) is 40.7. The normalized spacial score (nSPS) is 19.3. The van der Waals surface area contributed by atoms with Gasteiger partial charge in [0.1, 0.15) is 36.0 Å². The predicted octanol–water partition coefficient (Wildman–Crippen LogP) is 1.82. The van der Waals surface area contributed by atoms with E-state index in [0.717, 1.165) is 48.4 Å². The molecule has 0 bridgehead atoms. The summed E-state index contributed by atoms with van der Waals surface area (Å²) in [5.74, 6) is -2.44. The summed E-state index contributed by atoms with van der Waals surface area (Å²) >= 11 is 1.47. The van der Waals surface area contributed by atoms with Gasteiger partial charge < -0.3 is 59.5 Å². The van der Waals surface area contributed by atoms with Gasteiger partial charge >= 0.3 is 0 Å². The van der Waals surface area contributed by atoms with E-state index >= 15 is 0 Å². The molecule has 4 rings (SSSR count). The fraction of sp³-hybridized carbons (Fsp3) is 0.510. The standard InChI is InChI=1S/C49H72N12O7S/c1-32-43(64)57-39(16-13-25-56-49(52)53)44(65)58-40(30-35-17-20-36-14-7-8-15-37(36)28-35)45(66)60-42(31-69-27-12-6-4-9-23-54-33(2)62)46(67)59-41(29-34-18-21-38(63)22-19-34)47(68)61(32)26-11-5-3-10-24-55-48(50)51/h7-8,14-15,17-22,28,32,39-42,63H,3-6,9-13,16,23-27,29-31H2,1-2H3,(H,54,62)(H,57,64)(H,58,65)(H,59,67)(H,60,66)(H4,50,51,55)(H4,52,53,56)/t32-,39+,40+,41-,42-/m1/s1. The fourth-order valence-electron chi connectivity index (χ4n) is 7.88. The summed E-state index contributed by atoms with van der Waals surface area (Å²) in [6.45, 7) is 4.39. The molecule has 0 aromatic heterocycles. The van der Waals surface area contributed by atoms with Crippen LogP contribution in [0.25, 0.3) is 10.8 Å². The third-order valence-electron chi connectivity index (χ3n) is 11.7. The van der Waals surface area contributed by atoms with E-state index in [4.69, 9.17) is 22.9 Å². The van der Waals surface area contributed by atoms with Crippen LogP contribution in [-0.2, 0) is 41.6 Å². The van der Waals surface area contributed by atoms with Gasteiger partial charge in [0.2, 0.25) is 35.4 Å². The number of aliphatic imine (C=N–C) groups is 2. The largest absolute Gasteiger partial charge is 0.508 e. The number of phenols is 1. The van der Waals surface area contributed by atoms with Crippen molar-refractivity contribution in [2.24, 2.45) is 32.9 Å². The molecule has 3 aromatic carbocycles. The zero-order chi connectivity index (χ0) is 50.1. The van der Waals surface area contributed by atoms with Crippen molar-refractivity contribution in [2.75, 3.05) is 37.7 Å². The smallest absolute Gasteiger partial charge is 0.246 e. The Morgan fingerprint density at radius 3 is 1.93 bits per heavy atom. The lowest BCUT2D eigenvalue weighted by Gasteiger charge is -2.33. The Labute approximate surface area is 409 Å². The summed E-state index contributed by atoms with van der Waals surface area (Å²) in [6, 6.07) is 13.9. The van der Waals surface area contributed by atoms with Crippen molar-refractivity contribution in [3.63, 3.8) is 0 Å². The third-order valence-corrected chi connectivity index (χ3v) is 12.8. The van der Waals surface area contributed by atoms with Gasteiger partial charge in [0.15, 0.2) is 11.9 Å². The van der Waals surface area contributed by atoms with Crippen LogP contribution in [0.4, 0.5) is 0 Å². The lowest BCUT2D eigenvalue weighted by molar-refractivity contribution is -0.143. The van der Waals surface area contributed by atoms with E-state index in [1.807, 2.05) is 42.5 Å². The van der Waals surface area contributed by atoms with E-state index in [-0.39, 0.29) is 68.1 Å². The predicted molar refractivity (Wildman–Crippen MR) is 272 cm³/mol. The molecule has 1 fully saturated rings. The molecular formula is C49H72N12O7S. The average molecular weight is 973 g/mol. The fourth-order valence-corrected chi connectivity index (χ4v) is 8.93. The second-order valence-corrected chi connectivity index (χ2v) is 18.5. The van der Waals surface area contributed by atoms with E-state index < -0.39 is 59.7 Å². The van der Waals surface area contributed by atoms with Gasteiger partial charge in [-0.05, 0) is 85.2 Å². The van der Waals surface area contributed by atoms with Crippen LogP contribution in [0, 0.1) is 0 Å². The van der Waals surface area contributed by atoms with Crippen LogP contribution in [0.3, 0.4) is 0 Å². The average Bonchev–Trinajstić information content (AvgIpc) is 3.31. The van der Waals surface area contributed by atoms with Gasteiger partial charge in [0.25, 0.3) is 0 Å². The second kappa shape index (κ2) is 29.3. The highest BCUT2D eigenvalue weighted by atomic mass is 32.2. The lowest BCUT2D eigenvalue weighted by atomic mass is 10.00. The molecule has 19 nitrogen and oxygen atoms in total. The summed E-state index contributed by atoms with van der Waals surface area (Å²) in [5, 5.41) is 26.4. The van der Waals surface area contributed by atoms with E-state index in [1.165, 1.54) is 35.7 Å². The molecule has 0 radical (unpaired) electrons. The van der Waals surface area contributed by atoms with Gasteiger partial charge in [-0.1, -0.05) is 80.3 Å². The molecule has 0 unspecified atom stereocenters. The molecule has 6 amide bonds. The first-order chi connectivity index (χ1) is 33.1. The quantitative estimate of drug-likeness (QED) is 0.0349. The number of hydrogen-bond acceptors (Lipinski definition) is 10. The van der Waals surface area contributed by atoms with Crippen molar-refractivity contribution in [2.45, 2.75) is 121 Å². The Morgan fingerprint density at radius 2 is 1.22 bits per heavy atom. The molecule has 14 N–H and O–H groups in total. The number of aromatic hydroxyl groups is 1. The van der Waals surface area contributed by atoms with Crippen LogP contribution in [0.1, 0.15) is 89.2 Å². The summed E-state index contributed by atoms with van der Waals surface area (Å²) in [5.41, 5.74) is 23.5. The van der Waals surface area contributed by atoms with Crippen LogP contribution in [0.5, 0.6) is 5.75 Å². The maximum absolute atomic E-state index is 15.0. The Hall–Kier alpha value is -6.57. The minimum atomic E-state index is -1.21. The van der Waals surface area contributed by atoms with Crippen LogP contribution >= 0.6 is 11.8 Å². The number of nitrogens with one attached hydrogen (secondary N) is 5. The number of unbranched alkanes of at least 4 members (excludes halogenated alkanes) is 6. The van der Waals surface area contributed by atoms with Crippen LogP contribution < -0.4 is 49.5 Å². The van der Waals surface area contributed by atoms with E-state index in [0.29, 0.717) is 43.7 Å². The molecule has 3 aromatic rings. The third kappa shape index (κ3) is 19.9. The highest BCUT2D eigenvalue weighted by molar-refractivity contribution is 7.99. The van der Waals surface area contributed by atoms with E-state index in [1.54, 1.807) is 19.1 Å². The number of phenolic OH excluding ortho intramolecular Hbond substituents is 1. The number of fused-ring (bicyclic) bond motifs is 1. The summed E-state index contributed by atoms with van der Waals surface area (Å²) in [7, 11) is 0. The Morgan fingerprint density at radius 1 is 0.652 bits per heavy atom. The van der Waals surface area contributed by atoms with Crippen LogP contribution in [0.2, 0.25) is 0 Å². The first-order valence-electron chi connectivity index (χ1n) is 23.8. The number of carbonyl (C=O) groups excluding carboxylic acids is 6. The molecule has 0 spiro atoms. The lowest BCUT2D eigenvalue weighted by Crippen LogP contribution is -2.59. The minimum Gasteiger partial charge on any atom is -0.508 e. The summed E-state index contributed by atoms with van der Waals surface area (Å²) in [6.07, 6.45) is 6.47. The van der Waals surface area contributed by atoms with Gasteiger partial charge in [-0.3, -0.25) is 38.8 Å². The van der Waals surface area contributed by atoms with Gasteiger partial charge in [-0.15, -0.1) is 0 Å². The number of guanidine groups is 2. The Balaban J connectivity index is 1.73. The topological polar surface area (TPSA) is 315 Å². The molecule has 69 heavy (non-hydrogen) atoms. The molecule has 1 saturated heterocycles. The SMILES string of the molecule is CC(=O)NCCCCCCSC[C@H]1NC(=O)[C@H](Cc2ccc3ccccc3c2)NC(=O)[C@H](CCCN=C(N)N)NC(=O)[C@@H](C)N(CCCCCCN=C(N)N)C(=O)[C@@H](Cc2ccc(O)cc2)NC1=O. The molecule has 1 aliphatic heterocycles. The number of nitrogens with zero attached hydrogens (tertiary/aromatic N) is 3. The molecule has 1 aliphatic rings. The van der Waals surface area contributed by atoms with E-state index in [9.17, 15) is 33.9 Å². The zero-order valence-electron chi connectivity index (χ0n) is 39.9. The summed E-state index contributed by atoms with van der Waals surface area (Å²) in [4.78, 5) is 93.9. The second-order valence-electron chi connectivity index (χ2n) is 17.4. The molecule has 376 valence electrons.